The maximum Gasteiger partial charge on any atom is 0.308 e. The lowest BCUT2D eigenvalue weighted by atomic mass is 10.0. The van der Waals surface area contributed by atoms with Gasteiger partial charge in [0.25, 0.3) is 11.4 Å². The number of carboxylic acid groups (broad SMARTS) is 1. The van der Waals surface area contributed by atoms with Crippen LogP contribution in [0.4, 0.5) is 11.4 Å². The van der Waals surface area contributed by atoms with Gasteiger partial charge in [0.2, 0.25) is 0 Å². The zero-order chi connectivity index (χ0) is 23.6. The number of nitrogens with zero attached hydrogens (tertiary/aromatic N) is 2. The van der Waals surface area contributed by atoms with E-state index in [1.54, 1.807) is 38.1 Å². The van der Waals surface area contributed by atoms with Gasteiger partial charge in [0, 0.05) is 24.3 Å². The Bertz CT molecular complexity index is 910. The summed E-state index contributed by atoms with van der Waals surface area (Å²) in [6, 6.07) is 12.1. The Hall–Kier alpha value is -3.82. The zero-order valence-electron chi connectivity index (χ0n) is 17.4. The summed E-state index contributed by atoms with van der Waals surface area (Å²) in [5, 5.41) is 29.5. The monoisotopic (exact) mass is 432 g/mol. The van der Waals surface area contributed by atoms with Crippen molar-refractivity contribution in [1.82, 2.24) is 0 Å². The second-order valence-electron chi connectivity index (χ2n) is 6.92. The SMILES string of the molecule is COC(=O)[C@@H](C)Cc1ccc([N+](=O)[O-])cc1.C[C@@H](Cc1ccc([N+](=O)[O-])cc1)C(=O)O. The molecule has 0 aliphatic carbocycles. The molecule has 0 aliphatic heterocycles. The van der Waals surface area contributed by atoms with Crippen LogP contribution in [0.3, 0.4) is 0 Å². The normalized spacial score (nSPS) is 12.0. The van der Waals surface area contributed by atoms with Crippen LogP contribution in [0.25, 0.3) is 0 Å². The standard InChI is InChI=1S/C11H13NO4.C10H11NO4/c1-8(11(13)16-2)7-9-3-5-10(6-4-9)12(14)15;1-7(10(12)13)6-8-2-4-9(5-3-8)11(14)15/h3-6,8H,7H2,1-2H3;2-5,7H,6H2,1H3,(H,12,13)/t8-;7-/m00/s1. The van der Waals surface area contributed by atoms with Gasteiger partial charge in [-0.25, -0.2) is 0 Å². The minimum absolute atomic E-state index is 0.0155. The third kappa shape index (κ3) is 8.60. The molecule has 1 N–H and O–H groups in total. The fourth-order valence-corrected chi connectivity index (χ4v) is 2.59. The molecule has 166 valence electrons. The molecule has 2 aromatic carbocycles. The number of hydrogen-bond donors (Lipinski definition) is 1. The lowest BCUT2D eigenvalue weighted by Gasteiger charge is -2.08. The Morgan fingerprint density at radius 1 is 0.839 bits per heavy atom. The Balaban J connectivity index is 0.000000311. The van der Waals surface area contributed by atoms with E-state index < -0.39 is 21.7 Å². The van der Waals surface area contributed by atoms with E-state index in [1.807, 2.05) is 0 Å². The number of benzene rings is 2. The topological polar surface area (TPSA) is 150 Å². The lowest BCUT2D eigenvalue weighted by Crippen LogP contribution is -2.15. The first-order valence-corrected chi connectivity index (χ1v) is 9.32. The maximum atomic E-state index is 11.2. The molecule has 2 aromatic rings. The number of nitro groups is 2. The molecule has 10 nitrogen and oxygen atoms in total. The predicted molar refractivity (Wildman–Crippen MR) is 112 cm³/mol. The number of ether oxygens (including phenoxy) is 1. The number of carbonyl (C=O) groups is 2. The van der Waals surface area contributed by atoms with E-state index >= 15 is 0 Å². The van der Waals surface area contributed by atoms with Crippen molar-refractivity contribution in [2.75, 3.05) is 7.11 Å². The smallest absolute Gasteiger partial charge is 0.308 e. The molecule has 0 spiro atoms. The number of methoxy groups -OCH3 is 1. The van der Waals surface area contributed by atoms with Gasteiger partial charge in [-0.1, -0.05) is 38.1 Å². The number of hydrogen-bond acceptors (Lipinski definition) is 7. The summed E-state index contributed by atoms with van der Waals surface area (Å²) in [4.78, 5) is 41.6. The second kappa shape index (κ2) is 12.0. The molecule has 2 rings (SSSR count). The number of carboxylic acids is 1. The van der Waals surface area contributed by atoms with E-state index in [1.165, 1.54) is 31.4 Å². The molecule has 31 heavy (non-hydrogen) atoms. The fraction of sp³-hybridized carbons (Fsp3) is 0.333. The van der Waals surface area contributed by atoms with Gasteiger partial charge in [-0.15, -0.1) is 0 Å². The number of nitro benzene ring substituents is 2. The van der Waals surface area contributed by atoms with Gasteiger partial charge in [0.1, 0.15) is 0 Å². The van der Waals surface area contributed by atoms with Gasteiger partial charge in [0.15, 0.2) is 0 Å². The van der Waals surface area contributed by atoms with Gasteiger partial charge in [0.05, 0.1) is 28.8 Å². The summed E-state index contributed by atoms with van der Waals surface area (Å²) in [5.74, 6) is -1.87. The average Bonchev–Trinajstić information content (AvgIpc) is 2.74. The molecular formula is C21H24N2O8. The van der Waals surface area contributed by atoms with Crippen molar-refractivity contribution in [3.05, 3.63) is 79.9 Å². The van der Waals surface area contributed by atoms with Crippen molar-refractivity contribution in [2.24, 2.45) is 11.8 Å². The highest BCUT2D eigenvalue weighted by molar-refractivity contribution is 5.72. The fourth-order valence-electron chi connectivity index (χ4n) is 2.59. The maximum absolute atomic E-state index is 11.2. The van der Waals surface area contributed by atoms with Crippen LogP contribution in [-0.2, 0) is 27.2 Å². The third-order valence-corrected chi connectivity index (χ3v) is 4.40. The number of esters is 1. The van der Waals surface area contributed by atoms with Crippen molar-refractivity contribution in [3.8, 4) is 0 Å². The molecule has 0 bridgehead atoms. The van der Waals surface area contributed by atoms with E-state index in [2.05, 4.69) is 4.74 Å². The van der Waals surface area contributed by atoms with Crippen LogP contribution in [0, 0.1) is 32.1 Å². The van der Waals surface area contributed by atoms with Crippen LogP contribution in [0.15, 0.2) is 48.5 Å². The minimum atomic E-state index is -0.867. The molecule has 0 unspecified atom stereocenters. The Labute approximate surface area is 178 Å². The average molecular weight is 432 g/mol. The first-order chi connectivity index (χ1) is 14.5. The molecule has 0 fully saturated rings. The highest BCUT2D eigenvalue weighted by Gasteiger charge is 2.14. The lowest BCUT2D eigenvalue weighted by molar-refractivity contribution is -0.385. The molecule has 0 aromatic heterocycles. The van der Waals surface area contributed by atoms with E-state index in [0.29, 0.717) is 12.8 Å². The van der Waals surface area contributed by atoms with E-state index in [0.717, 1.165) is 11.1 Å². The highest BCUT2D eigenvalue weighted by Crippen LogP contribution is 2.16. The summed E-state index contributed by atoms with van der Waals surface area (Å²) in [6.45, 7) is 3.36. The molecule has 2 atom stereocenters. The molecule has 0 radical (unpaired) electrons. The molecular weight excluding hydrogens is 408 g/mol. The quantitative estimate of drug-likeness (QED) is 0.376. The van der Waals surface area contributed by atoms with Gasteiger partial charge < -0.3 is 9.84 Å². The van der Waals surface area contributed by atoms with Crippen LogP contribution in [0.5, 0.6) is 0 Å². The largest absolute Gasteiger partial charge is 0.481 e. The molecule has 10 heteroatoms. The van der Waals surface area contributed by atoms with Crippen LogP contribution in [0.2, 0.25) is 0 Å². The van der Waals surface area contributed by atoms with Crippen molar-refractivity contribution in [3.63, 3.8) is 0 Å². The predicted octanol–water partition coefficient (Wildman–Crippen LogP) is 3.80. The van der Waals surface area contributed by atoms with E-state index in [9.17, 15) is 29.8 Å². The summed E-state index contributed by atoms with van der Waals surface area (Å²) in [5.41, 5.74) is 1.73. The summed E-state index contributed by atoms with van der Waals surface area (Å²) in [7, 11) is 1.34. The molecule has 0 saturated heterocycles. The first kappa shape index (κ1) is 25.2. The molecule has 0 heterocycles. The zero-order valence-corrected chi connectivity index (χ0v) is 17.4. The molecule has 0 saturated carbocycles. The van der Waals surface area contributed by atoms with Crippen molar-refractivity contribution in [1.29, 1.82) is 0 Å². The minimum Gasteiger partial charge on any atom is -0.481 e. The Morgan fingerprint density at radius 3 is 1.48 bits per heavy atom. The summed E-state index contributed by atoms with van der Waals surface area (Å²) >= 11 is 0. The van der Waals surface area contributed by atoms with Gasteiger partial charge >= 0.3 is 11.9 Å². The number of aliphatic carboxylic acids is 1. The first-order valence-electron chi connectivity index (χ1n) is 9.32. The van der Waals surface area contributed by atoms with E-state index in [-0.39, 0.29) is 23.3 Å². The third-order valence-electron chi connectivity index (χ3n) is 4.40. The van der Waals surface area contributed by atoms with Gasteiger partial charge in [-0.2, -0.15) is 0 Å². The van der Waals surface area contributed by atoms with Crippen LogP contribution >= 0.6 is 0 Å². The van der Waals surface area contributed by atoms with Gasteiger partial charge in [-0.05, 0) is 24.0 Å². The summed E-state index contributed by atoms with van der Waals surface area (Å²) < 4.78 is 4.60. The van der Waals surface area contributed by atoms with Gasteiger partial charge in [-0.3, -0.25) is 29.8 Å². The van der Waals surface area contributed by atoms with Crippen LogP contribution in [-0.4, -0.2) is 34.0 Å². The second-order valence-corrected chi connectivity index (χ2v) is 6.92. The van der Waals surface area contributed by atoms with Crippen LogP contribution in [0.1, 0.15) is 25.0 Å². The Kier molecular flexibility index (Phi) is 9.77. The highest BCUT2D eigenvalue weighted by atomic mass is 16.6. The molecule has 0 amide bonds. The number of rotatable bonds is 8. The molecule has 0 aliphatic rings. The van der Waals surface area contributed by atoms with E-state index in [4.69, 9.17) is 5.11 Å². The number of non-ortho nitro benzene ring substituents is 2. The summed E-state index contributed by atoms with van der Waals surface area (Å²) in [6.07, 6.45) is 0.901. The number of carbonyl (C=O) groups excluding carboxylic acids is 1. The van der Waals surface area contributed by atoms with Crippen molar-refractivity contribution < 1.29 is 29.3 Å². The van der Waals surface area contributed by atoms with Crippen molar-refractivity contribution >= 4 is 23.3 Å². The Morgan fingerprint density at radius 2 is 1.19 bits per heavy atom. The van der Waals surface area contributed by atoms with Crippen LogP contribution < -0.4 is 0 Å². The van der Waals surface area contributed by atoms with Crippen molar-refractivity contribution in [2.45, 2.75) is 26.7 Å².